The number of hydrogen-bond donors (Lipinski definition) is 1. The van der Waals surface area contributed by atoms with E-state index in [1.807, 2.05) is 36.4 Å². The van der Waals surface area contributed by atoms with Crippen molar-refractivity contribution in [1.29, 1.82) is 0 Å². The molecule has 1 aliphatic carbocycles. The average Bonchev–Trinajstić information content (AvgIpc) is 3.21. The molecule has 1 aliphatic rings. The molecule has 0 amide bonds. The van der Waals surface area contributed by atoms with E-state index in [4.69, 9.17) is 14.5 Å². The van der Waals surface area contributed by atoms with Crippen molar-refractivity contribution in [2.75, 3.05) is 11.9 Å². The van der Waals surface area contributed by atoms with Gasteiger partial charge in [-0.15, -0.1) is 0 Å². The predicted molar refractivity (Wildman–Crippen MR) is 133 cm³/mol. The zero-order chi connectivity index (χ0) is 23.3. The zero-order valence-electron chi connectivity index (χ0n) is 19.4. The Morgan fingerprint density at radius 3 is 2.62 bits per heavy atom. The second-order valence-electron chi connectivity index (χ2n) is 8.82. The van der Waals surface area contributed by atoms with Gasteiger partial charge in [-0.3, -0.25) is 4.40 Å². The number of nitrogens with one attached hydrogen (secondary N) is 1. The van der Waals surface area contributed by atoms with Gasteiger partial charge in [0.05, 0.1) is 0 Å². The highest BCUT2D eigenvalue weighted by atomic mass is 16.6. The fraction of sp³-hybridized carbons (Fsp3) is 0.286. The maximum atomic E-state index is 12.4. The Morgan fingerprint density at radius 1 is 1.00 bits per heavy atom. The van der Waals surface area contributed by atoms with Gasteiger partial charge in [-0.2, -0.15) is 0 Å². The van der Waals surface area contributed by atoms with Gasteiger partial charge in [0.25, 0.3) is 0 Å². The second-order valence-corrected chi connectivity index (χ2v) is 8.82. The molecular formula is C28H29N3O3. The number of carbonyl (C=O) groups is 1. The van der Waals surface area contributed by atoms with Gasteiger partial charge in [0.1, 0.15) is 28.7 Å². The van der Waals surface area contributed by atoms with Crippen molar-refractivity contribution in [3.05, 3.63) is 78.5 Å². The number of aromatic nitrogens is 2. The summed E-state index contributed by atoms with van der Waals surface area (Å²) in [4.78, 5) is 17.3. The van der Waals surface area contributed by atoms with E-state index in [0.29, 0.717) is 17.5 Å². The van der Waals surface area contributed by atoms with Crippen molar-refractivity contribution in [2.45, 2.75) is 45.1 Å². The van der Waals surface area contributed by atoms with E-state index < -0.39 is 5.97 Å². The van der Waals surface area contributed by atoms with E-state index in [0.717, 1.165) is 41.1 Å². The summed E-state index contributed by atoms with van der Waals surface area (Å²) in [5.74, 6) is 1.63. The molecule has 1 saturated carbocycles. The van der Waals surface area contributed by atoms with E-state index in [9.17, 15) is 4.79 Å². The van der Waals surface area contributed by atoms with E-state index in [1.54, 1.807) is 18.2 Å². The first kappa shape index (κ1) is 22.0. The molecule has 34 heavy (non-hydrogen) atoms. The smallest absolute Gasteiger partial charge is 0.349 e. The third-order valence-electron chi connectivity index (χ3n) is 6.17. The first-order valence-corrected chi connectivity index (χ1v) is 11.9. The normalized spacial score (nSPS) is 14.1. The quantitative estimate of drug-likeness (QED) is 0.272. The number of benzene rings is 2. The largest absolute Gasteiger partial charge is 0.482 e. The molecule has 2 heterocycles. The second kappa shape index (κ2) is 10.00. The van der Waals surface area contributed by atoms with Gasteiger partial charge in [-0.25, -0.2) is 9.78 Å². The van der Waals surface area contributed by atoms with Crippen LogP contribution in [0.1, 0.15) is 37.7 Å². The van der Waals surface area contributed by atoms with E-state index in [2.05, 4.69) is 35.0 Å². The molecule has 1 N–H and O–H groups in total. The van der Waals surface area contributed by atoms with Gasteiger partial charge < -0.3 is 14.8 Å². The molecule has 0 aliphatic heterocycles. The van der Waals surface area contributed by atoms with Crippen LogP contribution in [0, 0.1) is 6.92 Å². The highest BCUT2D eigenvalue weighted by Gasteiger charge is 2.20. The van der Waals surface area contributed by atoms with Crippen LogP contribution in [0.25, 0.3) is 16.9 Å². The molecule has 2 aromatic heterocycles. The topological polar surface area (TPSA) is 64.9 Å². The number of ether oxygens (including phenoxy) is 2. The first-order chi connectivity index (χ1) is 16.7. The summed E-state index contributed by atoms with van der Waals surface area (Å²) in [6.07, 6.45) is 8.20. The summed E-state index contributed by atoms with van der Waals surface area (Å²) in [5.41, 5.74) is 3.81. The van der Waals surface area contributed by atoms with Crippen molar-refractivity contribution in [3.63, 3.8) is 0 Å². The number of para-hydroxylation sites is 1. The van der Waals surface area contributed by atoms with Gasteiger partial charge in [0, 0.05) is 17.8 Å². The van der Waals surface area contributed by atoms with Gasteiger partial charge in [0.2, 0.25) is 0 Å². The fourth-order valence-corrected chi connectivity index (χ4v) is 4.45. The molecule has 6 nitrogen and oxygen atoms in total. The monoisotopic (exact) mass is 455 g/mol. The van der Waals surface area contributed by atoms with Crippen LogP contribution in [0.15, 0.2) is 72.9 Å². The molecule has 0 spiro atoms. The molecular weight excluding hydrogens is 426 g/mol. The molecule has 174 valence electrons. The van der Waals surface area contributed by atoms with E-state index >= 15 is 0 Å². The van der Waals surface area contributed by atoms with Crippen LogP contribution in [-0.2, 0) is 4.79 Å². The maximum Gasteiger partial charge on any atom is 0.349 e. The van der Waals surface area contributed by atoms with Crippen LogP contribution in [0.3, 0.4) is 0 Å². The lowest BCUT2D eigenvalue weighted by Gasteiger charge is -2.24. The zero-order valence-corrected chi connectivity index (χ0v) is 19.4. The number of anilines is 1. The molecule has 1 fully saturated rings. The Labute approximate surface area is 199 Å². The van der Waals surface area contributed by atoms with Crippen LogP contribution < -0.4 is 14.8 Å². The first-order valence-electron chi connectivity index (χ1n) is 11.9. The summed E-state index contributed by atoms with van der Waals surface area (Å²) < 4.78 is 13.2. The molecule has 4 aromatic rings. The highest BCUT2D eigenvalue weighted by Crippen LogP contribution is 2.33. The maximum absolute atomic E-state index is 12.4. The van der Waals surface area contributed by atoms with Crippen LogP contribution >= 0.6 is 0 Å². The van der Waals surface area contributed by atoms with Gasteiger partial charge in [-0.05, 0) is 61.7 Å². The van der Waals surface area contributed by atoms with Crippen molar-refractivity contribution < 1.29 is 14.3 Å². The minimum absolute atomic E-state index is 0.156. The number of carbonyl (C=O) groups excluding carboxylic acids is 1. The van der Waals surface area contributed by atoms with Gasteiger partial charge >= 0.3 is 5.97 Å². The van der Waals surface area contributed by atoms with Crippen molar-refractivity contribution in [1.82, 2.24) is 9.38 Å². The molecule has 0 bridgehead atoms. The minimum Gasteiger partial charge on any atom is -0.482 e. The van der Waals surface area contributed by atoms with E-state index in [1.165, 1.54) is 19.3 Å². The van der Waals surface area contributed by atoms with Crippen LogP contribution in [0.5, 0.6) is 11.5 Å². The van der Waals surface area contributed by atoms with Crippen LogP contribution in [-0.4, -0.2) is 28.0 Å². The van der Waals surface area contributed by atoms with Gasteiger partial charge in [-0.1, -0.05) is 49.6 Å². The Morgan fingerprint density at radius 2 is 1.79 bits per heavy atom. The number of aryl methyl sites for hydroxylation is 1. The van der Waals surface area contributed by atoms with Crippen LogP contribution in [0.4, 0.5) is 5.82 Å². The molecule has 0 atom stereocenters. The number of imidazole rings is 1. The van der Waals surface area contributed by atoms with Crippen molar-refractivity contribution in [3.8, 4) is 22.8 Å². The minimum atomic E-state index is -0.452. The van der Waals surface area contributed by atoms with E-state index in [-0.39, 0.29) is 6.61 Å². The molecule has 0 radical (unpaired) electrons. The number of nitrogens with zero attached hydrogens (tertiary/aromatic N) is 2. The predicted octanol–water partition coefficient (Wildman–Crippen LogP) is 6.04. The third-order valence-corrected chi connectivity index (χ3v) is 6.17. The third kappa shape index (κ3) is 5.06. The standard InChI is InChI=1S/C28H29N3O3/c1-20-15-16-31-25(17-20)30-27(28(31)29-22-10-4-2-5-11-22)21-9-8-14-24(18-21)34-26(32)19-33-23-12-6-3-7-13-23/h3,6-9,12-18,22,29H,2,4-5,10-11,19H2,1H3. The van der Waals surface area contributed by atoms with Gasteiger partial charge in [0.15, 0.2) is 6.61 Å². The summed E-state index contributed by atoms with van der Waals surface area (Å²) in [5, 5.41) is 3.76. The molecule has 2 aromatic carbocycles. The summed E-state index contributed by atoms with van der Waals surface area (Å²) in [7, 11) is 0. The molecule has 6 heteroatoms. The number of pyridine rings is 1. The lowest BCUT2D eigenvalue weighted by molar-refractivity contribution is -0.136. The Kier molecular flexibility index (Phi) is 6.47. The lowest BCUT2D eigenvalue weighted by atomic mass is 9.95. The molecule has 5 rings (SSSR count). The Balaban J connectivity index is 1.39. The Hall–Kier alpha value is -3.80. The summed E-state index contributed by atoms with van der Waals surface area (Å²) in [6.45, 7) is 1.91. The average molecular weight is 456 g/mol. The number of rotatable bonds is 7. The Bertz CT molecular complexity index is 1280. The SMILES string of the molecule is Cc1ccn2c(NC3CCCCC3)c(-c3cccc(OC(=O)COc4ccccc4)c3)nc2c1. The summed E-state index contributed by atoms with van der Waals surface area (Å²) in [6, 6.07) is 21.4. The van der Waals surface area contributed by atoms with Crippen molar-refractivity contribution >= 4 is 17.4 Å². The van der Waals surface area contributed by atoms with Crippen molar-refractivity contribution in [2.24, 2.45) is 0 Å². The lowest BCUT2D eigenvalue weighted by Crippen LogP contribution is -2.23. The number of hydrogen-bond acceptors (Lipinski definition) is 5. The molecule has 0 unspecified atom stereocenters. The molecule has 0 saturated heterocycles. The number of fused-ring (bicyclic) bond motifs is 1. The van der Waals surface area contributed by atoms with Crippen LogP contribution in [0.2, 0.25) is 0 Å². The summed E-state index contributed by atoms with van der Waals surface area (Å²) >= 11 is 0. The highest BCUT2D eigenvalue weighted by molar-refractivity contribution is 5.79. The fourth-order valence-electron chi connectivity index (χ4n) is 4.45. The number of esters is 1.